The molecule has 2 aromatic rings. The molecule has 0 spiro atoms. The second kappa shape index (κ2) is 5.10. The molecular weight excluding hydrogens is 252 g/mol. The number of carbonyl (C=O) groups excluding carboxylic acids is 1. The molecule has 18 heavy (non-hydrogen) atoms. The fourth-order valence-electron chi connectivity index (χ4n) is 1.56. The predicted molar refractivity (Wildman–Crippen MR) is 70.2 cm³/mol. The number of aromatic nitrogens is 2. The van der Waals surface area contributed by atoms with Crippen molar-refractivity contribution in [1.29, 1.82) is 0 Å². The Bertz CT molecular complexity index is 579. The lowest BCUT2D eigenvalue weighted by atomic mass is 10.2. The van der Waals surface area contributed by atoms with Crippen molar-refractivity contribution in [2.45, 2.75) is 6.54 Å². The average Bonchev–Trinajstić information content (AvgIpc) is 2.72. The molecule has 0 radical (unpaired) electrons. The van der Waals surface area contributed by atoms with Gasteiger partial charge >= 0.3 is 0 Å². The number of anilines is 1. The molecule has 5 nitrogen and oxygen atoms in total. The summed E-state index contributed by atoms with van der Waals surface area (Å²) in [5.74, 6) is -0.233. The summed E-state index contributed by atoms with van der Waals surface area (Å²) in [6.45, 7) is 0.410. The minimum absolute atomic E-state index is 0.233. The number of hydrogen-bond donors (Lipinski definition) is 2. The van der Waals surface area contributed by atoms with Crippen molar-refractivity contribution in [3.63, 3.8) is 0 Å². The van der Waals surface area contributed by atoms with Crippen LogP contribution < -0.4 is 11.1 Å². The first-order chi connectivity index (χ1) is 8.56. The van der Waals surface area contributed by atoms with E-state index in [4.69, 9.17) is 17.3 Å². The largest absolute Gasteiger partial charge is 0.399 e. The second-order valence-electron chi connectivity index (χ2n) is 3.94. The Labute approximate surface area is 110 Å². The Morgan fingerprint density at radius 2 is 2.33 bits per heavy atom. The van der Waals surface area contributed by atoms with E-state index in [1.807, 2.05) is 13.2 Å². The molecular formula is C12H13ClN4O. The summed E-state index contributed by atoms with van der Waals surface area (Å²) in [4.78, 5) is 11.9. The van der Waals surface area contributed by atoms with Gasteiger partial charge in [-0.25, -0.2) is 0 Å². The SMILES string of the molecule is Cn1cc(CNC(=O)c2ccc(N)cc2Cl)cn1. The van der Waals surface area contributed by atoms with Crippen LogP contribution in [0.1, 0.15) is 15.9 Å². The zero-order valence-electron chi connectivity index (χ0n) is 9.85. The highest BCUT2D eigenvalue weighted by Gasteiger charge is 2.10. The number of halogens is 1. The van der Waals surface area contributed by atoms with Gasteiger partial charge in [0.05, 0.1) is 16.8 Å². The average molecular weight is 265 g/mol. The van der Waals surface area contributed by atoms with Crippen LogP contribution in [0, 0.1) is 0 Å². The molecule has 1 aromatic heterocycles. The van der Waals surface area contributed by atoms with E-state index in [1.54, 1.807) is 29.1 Å². The van der Waals surface area contributed by atoms with Crippen molar-refractivity contribution < 1.29 is 4.79 Å². The summed E-state index contributed by atoms with van der Waals surface area (Å²) >= 11 is 5.95. The first-order valence-corrected chi connectivity index (χ1v) is 5.75. The third kappa shape index (κ3) is 2.81. The number of rotatable bonds is 3. The van der Waals surface area contributed by atoms with Gasteiger partial charge in [0, 0.05) is 31.0 Å². The van der Waals surface area contributed by atoms with E-state index >= 15 is 0 Å². The van der Waals surface area contributed by atoms with E-state index in [-0.39, 0.29) is 5.91 Å². The first kappa shape index (κ1) is 12.4. The number of nitrogens with one attached hydrogen (secondary N) is 1. The van der Waals surface area contributed by atoms with Crippen LogP contribution in [0.2, 0.25) is 5.02 Å². The Hall–Kier alpha value is -2.01. The normalized spacial score (nSPS) is 10.3. The molecule has 3 N–H and O–H groups in total. The van der Waals surface area contributed by atoms with Crippen LogP contribution in [0.25, 0.3) is 0 Å². The molecule has 6 heteroatoms. The fraction of sp³-hybridized carbons (Fsp3) is 0.167. The topological polar surface area (TPSA) is 72.9 Å². The molecule has 94 valence electrons. The highest BCUT2D eigenvalue weighted by atomic mass is 35.5. The second-order valence-corrected chi connectivity index (χ2v) is 4.35. The van der Waals surface area contributed by atoms with Gasteiger partial charge in [-0.1, -0.05) is 11.6 Å². The lowest BCUT2D eigenvalue weighted by Crippen LogP contribution is -2.22. The van der Waals surface area contributed by atoms with E-state index in [9.17, 15) is 4.79 Å². The van der Waals surface area contributed by atoms with E-state index in [2.05, 4.69) is 10.4 Å². The predicted octanol–water partition coefficient (Wildman–Crippen LogP) is 1.59. The van der Waals surface area contributed by atoms with E-state index in [1.165, 1.54) is 0 Å². The zero-order chi connectivity index (χ0) is 13.1. The monoisotopic (exact) mass is 264 g/mol. The van der Waals surface area contributed by atoms with Gasteiger partial charge in [-0.3, -0.25) is 9.48 Å². The summed E-state index contributed by atoms with van der Waals surface area (Å²) in [5, 5.41) is 7.14. The van der Waals surface area contributed by atoms with Crippen molar-refractivity contribution in [3.8, 4) is 0 Å². The molecule has 0 fully saturated rings. The summed E-state index contributed by atoms with van der Waals surface area (Å²) in [5.41, 5.74) is 7.44. The van der Waals surface area contributed by atoms with Crippen LogP contribution in [-0.4, -0.2) is 15.7 Å². The lowest BCUT2D eigenvalue weighted by molar-refractivity contribution is 0.0951. The van der Waals surface area contributed by atoms with Crippen LogP contribution in [0.4, 0.5) is 5.69 Å². The van der Waals surface area contributed by atoms with Crippen LogP contribution in [0.3, 0.4) is 0 Å². The highest BCUT2D eigenvalue weighted by Crippen LogP contribution is 2.19. The molecule has 0 aliphatic rings. The quantitative estimate of drug-likeness (QED) is 0.827. The molecule has 0 saturated heterocycles. The van der Waals surface area contributed by atoms with Gasteiger partial charge in [-0.15, -0.1) is 0 Å². The van der Waals surface area contributed by atoms with E-state index in [0.717, 1.165) is 5.56 Å². The van der Waals surface area contributed by atoms with Crippen molar-refractivity contribution in [1.82, 2.24) is 15.1 Å². The highest BCUT2D eigenvalue weighted by molar-refractivity contribution is 6.34. The summed E-state index contributed by atoms with van der Waals surface area (Å²) in [7, 11) is 1.82. The maximum absolute atomic E-state index is 11.9. The standard InChI is InChI=1S/C12H13ClN4O/c1-17-7-8(6-16-17)5-15-12(18)10-3-2-9(14)4-11(10)13/h2-4,6-7H,5,14H2,1H3,(H,15,18). The minimum Gasteiger partial charge on any atom is -0.399 e. The number of hydrogen-bond acceptors (Lipinski definition) is 3. The van der Waals surface area contributed by atoms with Gasteiger partial charge in [0.2, 0.25) is 0 Å². The minimum atomic E-state index is -0.233. The van der Waals surface area contributed by atoms with Crippen molar-refractivity contribution in [2.75, 3.05) is 5.73 Å². The summed E-state index contributed by atoms with van der Waals surface area (Å²) < 4.78 is 1.68. The van der Waals surface area contributed by atoms with Gasteiger partial charge in [0.1, 0.15) is 0 Å². The fourth-order valence-corrected chi connectivity index (χ4v) is 1.83. The molecule has 1 aromatic carbocycles. The van der Waals surface area contributed by atoms with Crippen LogP contribution in [0.5, 0.6) is 0 Å². The molecule has 0 saturated carbocycles. The molecule has 0 atom stereocenters. The Balaban J connectivity index is 2.03. The van der Waals surface area contributed by atoms with Gasteiger partial charge in [0.25, 0.3) is 5.91 Å². The number of carbonyl (C=O) groups is 1. The number of nitrogen functional groups attached to an aromatic ring is 1. The number of aryl methyl sites for hydroxylation is 1. The maximum Gasteiger partial charge on any atom is 0.253 e. The zero-order valence-corrected chi connectivity index (χ0v) is 10.6. The molecule has 0 bridgehead atoms. The van der Waals surface area contributed by atoms with E-state index in [0.29, 0.717) is 22.8 Å². The molecule has 0 aliphatic heterocycles. The summed E-state index contributed by atoms with van der Waals surface area (Å²) in [6, 6.07) is 4.81. The Morgan fingerprint density at radius 3 is 2.94 bits per heavy atom. The van der Waals surface area contributed by atoms with Crippen molar-refractivity contribution in [3.05, 3.63) is 46.7 Å². The third-order valence-electron chi connectivity index (χ3n) is 2.45. The maximum atomic E-state index is 11.9. The first-order valence-electron chi connectivity index (χ1n) is 5.37. The Kier molecular flexibility index (Phi) is 3.53. The number of nitrogens with two attached hydrogens (primary N) is 1. The van der Waals surface area contributed by atoms with Gasteiger partial charge < -0.3 is 11.1 Å². The van der Waals surface area contributed by atoms with Crippen molar-refractivity contribution >= 4 is 23.2 Å². The van der Waals surface area contributed by atoms with Crippen LogP contribution in [-0.2, 0) is 13.6 Å². The van der Waals surface area contributed by atoms with E-state index < -0.39 is 0 Å². The number of benzene rings is 1. The number of amides is 1. The van der Waals surface area contributed by atoms with Crippen molar-refractivity contribution in [2.24, 2.45) is 7.05 Å². The Morgan fingerprint density at radius 1 is 1.56 bits per heavy atom. The van der Waals surface area contributed by atoms with Gasteiger partial charge in [0.15, 0.2) is 0 Å². The molecule has 0 aliphatic carbocycles. The van der Waals surface area contributed by atoms with Crippen LogP contribution >= 0.6 is 11.6 Å². The molecule has 1 amide bonds. The third-order valence-corrected chi connectivity index (χ3v) is 2.76. The molecule has 0 unspecified atom stereocenters. The van der Waals surface area contributed by atoms with Gasteiger partial charge in [-0.05, 0) is 18.2 Å². The smallest absolute Gasteiger partial charge is 0.253 e. The molecule has 2 rings (SSSR count). The van der Waals surface area contributed by atoms with Crippen LogP contribution in [0.15, 0.2) is 30.6 Å². The number of nitrogens with zero attached hydrogens (tertiary/aromatic N) is 2. The van der Waals surface area contributed by atoms with Gasteiger partial charge in [-0.2, -0.15) is 5.10 Å². The molecule has 1 heterocycles. The lowest BCUT2D eigenvalue weighted by Gasteiger charge is -2.06. The summed E-state index contributed by atoms with van der Waals surface area (Å²) in [6.07, 6.45) is 3.54.